The molecule has 0 bridgehead atoms. The van der Waals surface area contributed by atoms with E-state index >= 15 is 0 Å². The first kappa shape index (κ1) is 14.5. The van der Waals surface area contributed by atoms with Gasteiger partial charge in [-0.05, 0) is 52.3 Å². The van der Waals surface area contributed by atoms with Gasteiger partial charge in [-0.3, -0.25) is 0 Å². The highest BCUT2D eigenvalue weighted by Gasteiger charge is 2.04. The lowest BCUT2D eigenvalue weighted by molar-refractivity contribution is 0.664. The molecule has 1 aromatic heterocycles. The van der Waals surface area contributed by atoms with E-state index in [0.29, 0.717) is 0 Å². The molecule has 0 amide bonds. The number of thioether (sulfide) groups is 1. The second kappa shape index (κ2) is 7.67. The summed E-state index contributed by atoms with van der Waals surface area (Å²) in [7, 11) is 0. The minimum Gasteiger partial charge on any atom is -0.317 e. The zero-order valence-electron chi connectivity index (χ0n) is 11.3. The first-order chi connectivity index (χ1) is 8.15. The van der Waals surface area contributed by atoms with E-state index in [9.17, 15) is 0 Å². The largest absolute Gasteiger partial charge is 0.317 e. The summed E-state index contributed by atoms with van der Waals surface area (Å²) in [6.07, 6.45) is 2.37. The zero-order valence-corrected chi connectivity index (χ0v) is 12.2. The van der Waals surface area contributed by atoms with Gasteiger partial charge in [-0.25, -0.2) is 9.97 Å². The second-order valence-electron chi connectivity index (χ2n) is 4.25. The number of nitrogens with one attached hydrogen (secondary N) is 1. The average molecular weight is 253 g/mol. The van der Waals surface area contributed by atoms with Gasteiger partial charge < -0.3 is 5.32 Å². The fourth-order valence-corrected chi connectivity index (χ4v) is 2.34. The van der Waals surface area contributed by atoms with Crippen molar-refractivity contribution in [2.24, 2.45) is 0 Å². The van der Waals surface area contributed by atoms with Crippen LogP contribution in [0.25, 0.3) is 0 Å². The van der Waals surface area contributed by atoms with Crippen LogP contribution in [0.4, 0.5) is 0 Å². The van der Waals surface area contributed by atoms with Crippen LogP contribution in [-0.2, 0) is 0 Å². The quantitative estimate of drug-likeness (QED) is 0.461. The predicted molar refractivity (Wildman–Crippen MR) is 74.7 cm³/mol. The summed E-state index contributed by atoms with van der Waals surface area (Å²) >= 11 is 1.75. The Morgan fingerprint density at radius 2 is 1.71 bits per heavy atom. The van der Waals surface area contributed by atoms with Gasteiger partial charge in [0, 0.05) is 17.1 Å². The fraction of sp³-hybridized carbons (Fsp3) is 0.692. The van der Waals surface area contributed by atoms with Gasteiger partial charge in [0.25, 0.3) is 0 Å². The summed E-state index contributed by atoms with van der Waals surface area (Å²) in [5.74, 6) is 1.08. The number of rotatable bonds is 7. The molecule has 0 fully saturated rings. The number of aromatic nitrogens is 2. The third kappa shape index (κ3) is 5.04. The van der Waals surface area contributed by atoms with Crippen LogP contribution >= 0.6 is 11.8 Å². The first-order valence-electron chi connectivity index (χ1n) is 6.30. The van der Waals surface area contributed by atoms with Crippen molar-refractivity contribution in [2.75, 3.05) is 18.8 Å². The lowest BCUT2D eigenvalue weighted by Crippen LogP contribution is -2.16. The molecule has 0 saturated carbocycles. The molecule has 0 saturated heterocycles. The smallest absolute Gasteiger partial charge is 0.187 e. The molecule has 0 spiro atoms. The van der Waals surface area contributed by atoms with Crippen LogP contribution in [0.2, 0.25) is 0 Å². The Balaban J connectivity index is 2.32. The molecule has 1 heterocycles. The van der Waals surface area contributed by atoms with Crippen LogP contribution in [-0.4, -0.2) is 28.8 Å². The van der Waals surface area contributed by atoms with E-state index in [-0.39, 0.29) is 0 Å². The maximum atomic E-state index is 4.50. The second-order valence-corrected chi connectivity index (χ2v) is 5.32. The summed E-state index contributed by atoms with van der Waals surface area (Å²) in [5.41, 5.74) is 3.41. The summed E-state index contributed by atoms with van der Waals surface area (Å²) in [4.78, 5) is 9.00. The van der Waals surface area contributed by atoms with Crippen LogP contribution in [0.15, 0.2) is 5.16 Å². The number of aryl methyl sites for hydroxylation is 2. The molecule has 1 aromatic rings. The molecule has 0 aliphatic rings. The number of hydrogen-bond acceptors (Lipinski definition) is 4. The number of hydrogen-bond donors (Lipinski definition) is 1. The van der Waals surface area contributed by atoms with Gasteiger partial charge in [-0.15, -0.1) is 0 Å². The minimum absolute atomic E-state index is 0.918. The third-order valence-corrected chi connectivity index (χ3v) is 3.70. The lowest BCUT2D eigenvalue weighted by atomic mass is 10.2. The Bertz CT molecular complexity index is 330. The zero-order chi connectivity index (χ0) is 12.7. The van der Waals surface area contributed by atoms with E-state index in [1.165, 1.54) is 18.4 Å². The maximum Gasteiger partial charge on any atom is 0.187 e. The SMILES string of the molecule is CCCNCCCSc1nc(C)c(C)c(C)n1. The topological polar surface area (TPSA) is 37.8 Å². The standard InChI is InChI=1S/C13H23N3S/c1-5-7-14-8-6-9-17-13-15-11(3)10(2)12(4)16-13/h14H,5-9H2,1-4H3. The normalized spacial score (nSPS) is 10.8. The minimum atomic E-state index is 0.918. The highest BCUT2D eigenvalue weighted by atomic mass is 32.2. The van der Waals surface area contributed by atoms with Crippen molar-refractivity contribution in [3.8, 4) is 0 Å². The highest BCUT2D eigenvalue weighted by Crippen LogP contribution is 2.17. The van der Waals surface area contributed by atoms with Crippen molar-refractivity contribution < 1.29 is 0 Å². The van der Waals surface area contributed by atoms with Gasteiger partial charge in [0.15, 0.2) is 5.16 Å². The maximum absolute atomic E-state index is 4.50. The van der Waals surface area contributed by atoms with Gasteiger partial charge in [-0.1, -0.05) is 18.7 Å². The highest BCUT2D eigenvalue weighted by molar-refractivity contribution is 7.99. The van der Waals surface area contributed by atoms with E-state index in [2.05, 4.69) is 43.0 Å². The predicted octanol–water partition coefficient (Wildman–Crippen LogP) is 2.88. The molecule has 3 nitrogen and oxygen atoms in total. The Morgan fingerprint density at radius 1 is 1.06 bits per heavy atom. The average Bonchev–Trinajstić information content (AvgIpc) is 2.30. The van der Waals surface area contributed by atoms with Crippen LogP contribution in [0, 0.1) is 20.8 Å². The molecule has 0 radical (unpaired) electrons. The summed E-state index contributed by atoms with van der Waals surface area (Å²) < 4.78 is 0. The molecule has 96 valence electrons. The van der Waals surface area contributed by atoms with Gasteiger partial charge in [-0.2, -0.15) is 0 Å². The van der Waals surface area contributed by atoms with Crippen LogP contribution in [0.5, 0.6) is 0 Å². The van der Waals surface area contributed by atoms with E-state index in [0.717, 1.165) is 35.4 Å². The summed E-state index contributed by atoms with van der Waals surface area (Å²) in [5, 5.41) is 4.32. The van der Waals surface area contributed by atoms with Crippen molar-refractivity contribution in [3.05, 3.63) is 17.0 Å². The monoisotopic (exact) mass is 253 g/mol. The van der Waals surface area contributed by atoms with Gasteiger partial charge in [0.1, 0.15) is 0 Å². The fourth-order valence-electron chi connectivity index (χ4n) is 1.47. The summed E-state index contributed by atoms with van der Waals surface area (Å²) in [6, 6.07) is 0. The summed E-state index contributed by atoms with van der Waals surface area (Å²) in [6.45, 7) is 10.6. The molecular weight excluding hydrogens is 230 g/mol. The van der Waals surface area contributed by atoms with E-state index < -0.39 is 0 Å². The Morgan fingerprint density at radius 3 is 2.29 bits per heavy atom. The molecule has 1 N–H and O–H groups in total. The van der Waals surface area contributed by atoms with Gasteiger partial charge in [0.05, 0.1) is 0 Å². The number of nitrogens with zero attached hydrogens (tertiary/aromatic N) is 2. The van der Waals surface area contributed by atoms with E-state index in [1.807, 2.05) is 0 Å². The molecule has 0 aliphatic heterocycles. The molecule has 0 atom stereocenters. The molecule has 0 aromatic carbocycles. The van der Waals surface area contributed by atoms with Gasteiger partial charge in [0.2, 0.25) is 0 Å². The van der Waals surface area contributed by atoms with Crippen molar-refractivity contribution in [1.82, 2.24) is 15.3 Å². The first-order valence-corrected chi connectivity index (χ1v) is 7.29. The molecular formula is C13H23N3S. The van der Waals surface area contributed by atoms with Crippen LogP contribution in [0.3, 0.4) is 0 Å². The Kier molecular flexibility index (Phi) is 6.52. The van der Waals surface area contributed by atoms with Crippen molar-refractivity contribution >= 4 is 11.8 Å². The Hall–Kier alpha value is -0.610. The van der Waals surface area contributed by atoms with Crippen molar-refractivity contribution in [2.45, 2.75) is 45.7 Å². The molecule has 4 heteroatoms. The molecule has 17 heavy (non-hydrogen) atoms. The third-order valence-electron chi connectivity index (χ3n) is 2.77. The molecule has 0 unspecified atom stereocenters. The molecule has 0 aliphatic carbocycles. The van der Waals surface area contributed by atoms with E-state index in [4.69, 9.17) is 0 Å². The lowest BCUT2D eigenvalue weighted by Gasteiger charge is -2.06. The molecule has 1 rings (SSSR count). The van der Waals surface area contributed by atoms with Crippen molar-refractivity contribution in [3.63, 3.8) is 0 Å². The van der Waals surface area contributed by atoms with Crippen LogP contribution < -0.4 is 5.32 Å². The van der Waals surface area contributed by atoms with Gasteiger partial charge >= 0.3 is 0 Å². The van der Waals surface area contributed by atoms with Crippen LogP contribution in [0.1, 0.15) is 36.7 Å². The Labute approximate surface area is 109 Å². The van der Waals surface area contributed by atoms with Crippen molar-refractivity contribution in [1.29, 1.82) is 0 Å². The van der Waals surface area contributed by atoms with E-state index in [1.54, 1.807) is 11.8 Å².